The van der Waals surface area contributed by atoms with Gasteiger partial charge in [-0.2, -0.15) is 0 Å². The van der Waals surface area contributed by atoms with E-state index in [0.29, 0.717) is 0 Å². The maximum Gasteiger partial charge on any atom is 0.477 e. The molecule has 0 amide bonds. The van der Waals surface area contributed by atoms with Crippen LogP contribution >= 0.6 is 7.82 Å². The van der Waals surface area contributed by atoms with Crippen molar-refractivity contribution in [3.8, 4) is 0 Å². The molecule has 13 nitrogen and oxygen atoms in total. The molecule has 32 heavy (non-hydrogen) atoms. The van der Waals surface area contributed by atoms with E-state index in [2.05, 4.69) is 0 Å². The largest absolute Gasteiger partial charge is 0.477 e. The summed E-state index contributed by atoms with van der Waals surface area (Å²) < 4.78 is 54.8. The first kappa shape index (κ1) is 28.0. The molecule has 1 aliphatic rings. The smallest absolute Gasteiger partial charge is 0.463 e. The minimum atomic E-state index is -4.21. The topological polar surface area (TPSA) is 159 Å². The Balaban J connectivity index is 3.43. The van der Waals surface area contributed by atoms with E-state index in [1.165, 1.54) is 0 Å². The SMILES string of the molecule is CCOP(=O)(OCC)O[C@@H]1O[C@H](COC(C)=O)[C@H](OC(C)=O)[C@H](OC(C)=O)[C@H]1OC(C)=O. The molecule has 0 radical (unpaired) electrons. The van der Waals surface area contributed by atoms with Gasteiger partial charge in [0.2, 0.25) is 6.29 Å². The average Bonchev–Trinajstić information content (AvgIpc) is 2.64. The number of phosphoric acid groups is 1. The van der Waals surface area contributed by atoms with Crippen LogP contribution in [-0.2, 0) is 61.0 Å². The maximum absolute atomic E-state index is 12.9. The highest BCUT2D eigenvalue weighted by Gasteiger charge is 2.54. The maximum atomic E-state index is 12.9. The van der Waals surface area contributed by atoms with Crippen LogP contribution in [0.5, 0.6) is 0 Å². The summed E-state index contributed by atoms with van der Waals surface area (Å²) in [5.74, 6) is -3.09. The van der Waals surface area contributed by atoms with Crippen LogP contribution < -0.4 is 0 Å². The molecule has 0 saturated carbocycles. The molecule has 0 bridgehead atoms. The van der Waals surface area contributed by atoms with Crippen molar-refractivity contribution in [2.45, 2.75) is 72.2 Å². The van der Waals surface area contributed by atoms with Crippen molar-refractivity contribution in [3.05, 3.63) is 0 Å². The molecule has 1 heterocycles. The number of phosphoric ester groups is 1. The zero-order valence-electron chi connectivity index (χ0n) is 18.8. The molecule has 5 atom stereocenters. The van der Waals surface area contributed by atoms with Gasteiger partial charge in [-0.05, 0) is 13.8 Å². The standard InChI is InChI=1S/C18H29O13P/c1-7-25-32(23,26-8-2)31-18-17(29-13(6)22)16(28-12(5)21)15(27-11(4)20)14(30-18)9-24-10(3)19/h14-18H,7-9H2,1-6H3/t14-,15+,16+,17-,18+/m1/s1. The summed E-state index contributed by atoms with van der Waals surface area (Å²) in [7, 11) is -4.21. The molecule has 1 saturated heterocycles. The highest BCUT2D eigenvalue weighted by molar-refractivity contribution is 7.48. The second-order valence-electron chi connectivity index (χ2n) is 6.46. The van der Waals surface area contributed by atoms with Crippen molar-refractivity contribution >= 4 is 31.7 Å². The monoisotopic (exact) mass is 484 g/mol. The van der Waals surface area contributed by atoms with Gasteiger partial charge < -0.3 is 23.7 Å². The Hall–Kier alpha value is -2.05. The molecule has 0 N–H and O–H groups in total. The predicted octanol–water partition coefficient (Wildman–Crippen LogP) is 1.27. The lowest BCUT2D eigenvalue weighted by molar-refractivity contribution is -0.291. The van der Waals surface area contributed by atoms with Gasteiger partial charge in [-0.3, -0.25) is 32.7 Å². The molecule has 14 heteroatoms. The normalized spacial score (nSPS) is 25.5. The lowest BCUT2D eigenvalue weighted by Gasteiger charge is -2.44. The third-order valence-electron chi connectivity index (χ3n) is 3.76. The lowest BCUT2D eigenvalue weighted by Crippen LogP contribution is -2.62. The van der Waals surface area contributed by atoms with Crippen LogP contribution in [0.3, 0.4) is 0 Å². The van der Waals surface area contributed by atoms with Crippen LogP contribution in [0.2, 0.25) is 0 Å². The molecule has 0 aliphatic carbocycles. The fourth-order valence-corrected chi connectivity index (χ4v) is 4.07. The van der Waals surface area contributed by atoms with E-state index in [1.54, 1.807) is 13.8 Å². The zero-order chi connectivity index (χ0) is 24.5. The lowest BCUT2D eigenvalue weighted by atomic mass is 9.98. The Kier molecular flexibility index (Phi) is 11.2. The van der Waals surface area contributed by atoms with Gasteiger partial charge in [0.15, 0.2) is 18.3 Å². The van der Waals surface area contributed by atoms with Crippen molar-refractivity contribution in [1.82, 2.24) is 0 Å². The van der Waals surface area contributed by atoms with E-state index in [1.807, 2.05) is 0 Å². The Morgan fingerprint density at radius 3 is 1.66 bits per heavy atom. The number of hydrogen-bond donors (Lipinski definition) is 0. The fourth-order valence-electron chi connectivity index (χ4n) is 2.82. The summed E-state index contributed by atoms with van der Waals surface area (Å²) in [6.45, 7) is 6.91. The Bertz CT molecular complexity index is 714. The first-order chi connectivity index (χ1) is 14.9. The summed E-state index contributed by atoms with van der Waals surface area (Å²) in [5.41, 5.74) is 0. The third kappa shape index (κ3) is 8.83. The van der Waals surface area contributed by atoms with Gasteiger partial charge in [0.05, 0.1) is 13.2 Å². The zero-order valence-corrected chi connectivity index (χ0v) is 19.7. The molecule has 0 spiro atoms. The van der Waals surface area contributed by atoms with E-state index in [9.17, 15) is 23.7 Å². The Labute approximate surface area is 185 Å². The van der Waals surface area contributed by atoms with Crippen molar-refractivity contribution in [2.75, 3.05) is 19.8 Å². The highest BCUT2D eigenvalue weighted by atomic mass is 31.2. The van der Waals surface area contributed by atoms with Crippen LogP contribution in [0.4, 0.5) is 0 Å². The molecule has 0 unspecified atom stereocenters. The van der Waals surface area contributed by atoms with E-state index in [4.69, 9.17) is 37.3 Å². The van der Waals surface area contributed by atoms with Gasteiger partial charge in [0.25, 0.3) is 0 Å². The summed E-state index contributed by atoms with van der Waals surface area (Å²) in [4.78, 5) is 46.5. The minimum absolute atomic E-state index is 0.0530. The molecular weight excluding hydrogens is 455 g/mol. The van der Waals surface area contributed by atoms with Crippen LogP contribution in [0.1, 0.15) is 41.5 Å². The van der Waals surface area contributed by atoms with Gasteiger partial charge in [-0.25, -0.2) is 4.57 Å². The van der Waals surface area contributed by atoms with E-state index < -0.39 is 69.0 Å². The van der Waals surface area contributed by atoms with E-state index in [-0.39, 0.29) is 13.2 Å². The van der Waals surface area contributed by atoms with Crippen molar-refractivity contribution in [2.24, 2.45) is 0 Å². The predicted molar refractivity (Wildman–Crippen MR) is 104 cm³/mol. The number of hydrogen-bond acceptors (Lipinski definition) is 13. The summed E-state index contributed by atoms with van der Waals surface area (Å²) in [6, 6.07) is 0. The molecule has 1 rings (SSSR count). The quantitative estimate of drug-likeness (QED) is 0.234. The third-order valence-corrected chi connectivity index (χ3v) is 5.37. The molecule has 0 aromatic heterocycles. The second-order valence-corrected chi connectivity index (χ2v) is 8.08. The number of rotatable bonds is 11. The number of esters is 4. The summed E-state index contributed by atoms with van der Waals surface area (Å²) in [6.07, 6.45) is -7.28. The number of carbonyl (C=O) groups is 4. The molecule has 0 aromatic rings. The fraction of sp³-hybridized carbons (Fsp3) is 0.778. The highest BCUT2D eigenvalue weighted by Crippen LogP contribution is 2.52. The number of ether oxygens (including phenoxy) is 5. The van der Waals surface area contributed by atoms with E-state index in [0.717, 1.165) is 27.7 Å². The molecular formula is C18H29O13P. The Morgan fingerprint density at radius 1 is 0.750 bits per heavy atom. The first-order valence-electron chi connectivity index (χ1n) is 9.80. The van der Waals surface area contributed by atoms with Crippen molar-refractivity contribution in [3.63, 3.8) is 0 Å². The van der Waals surface area contributed by atoms with Crippen LogP contribution in [-0.4, -0.2) is 74.4 Å². The Morgan fingerprint density at radius 2 is 1.22 bits per heavy atom. The van der Waals surface area contributed by atoms with Crippen LogP contribution in [0, 0.1) is 0 Å². The molecule has 0 aromatic carbocycles. The summed E-state index contributed by atoms with van der Waals surface area (Å²) in [5, 5.41) is 0. The molecule has 1 fully saturated rings. The minimum Gasteiger partial charge on any atom is -0.463 e. The van der Waals surface area contributed by atoms with Crippen LogP contribution in [0.15, 0.2) is 0 Å². The van der Waals surface area contributed by atoms with Gasteiger partial charge >= 0.3 is 31.7 Å². The number of carbonyl (C=O) groups excluding carboxylic acids is 4. The first-order valence-corrected chi connectivity index (χ1v) is 11.3. The van der Waals surface area contributed by atoms with Gasteiger partial charge in [0.1, 0.15) is 12.7 Å². The average molecular weight is 484 g/mol. The summed E-state index contributed by atoms with van der Waals surface area (Å²) >= 11 is 0. The van der Waals surface area contributed by atoms with Crippen molar-refractivity contribution in [1.29, 1.82) is 0 Å². The van der Waals surface area contributed by atoms with E-state index >= 15 is 0 Å². The van der Waals surface area contributed by atoms with Gasteiger partial charge in [-0.15, -0.1) is 0 Å². The van der Waals surface area contributed by atoms with Gasteiger partial charge in [-0.1, -0.05) is 0 Å². The van der Waals surface area contributed by atoms with Crippen LogP contribution in [0.25, 0.3) is 0 Å². The molecule has 1 aliphatic heterocycles. The second kappa shape index (κ2) is 12.9. The molecule has 184 valence electrons. The van der Waals surface area contributed by atoms with Crippen molar-refractivity contribution < 1.29 is 61.0 Å². The van der Waals surface area contributed by atoms with Gasteiger partial charge in [0, 0.05) is 27.7 Å².